The largest absolute Gasteiger partial charge is 0.484 e. The summed E-state index contributed by atoms with van der Waals surface area (Å²) in [6.45, 7) is 1.33. The highest BCUT2D eigenvalue weighted by atomic mass is 19.1. The lowest BCUT2D eigenvalue weighted by Crippen LogP contribution is -2.41. The standard InChI is InChI=1S/C19H22FN3O3/c20-15-2-1-3-16(11-15)25-12-18(24)23-8-6-13(7-9-23)10-17-21-19(26-22-17)14-4-5-14/h1-3,11,13-14H,4-10,12H2. The molecule has 138 valence electrons. The lowest BCUT2D eigenvalue weighted by Gasteiger charge is -2.31. The fourth-order valence-electron chi connectivity index (χ4n) is 3.28. The molecule has 4 rings (SSSR count). The van der Waals surface area contributed by atoms with Crippen LogP contribution in [0.2, 0.25) is 0 Å². The van der Waals surface area contributed by atoms with Crippen LogP contribution in [-0.4, -0.2) is 40.6 Å². The Morgan fingerprint density at radius 1 is 1.27 bits per heavy atom. The van der Waals surface area contributed by atoms with Gasteiger partial charge in [0.1, 0.15) is 11.6 Å². The van der Waals surface area contributed by atoms with Crippen LogP contribution in [0.5, 0.6) is 5.75 Å². The molecule has 2 heterocycles. The van der Waals surface area contributed by atoms with Gasteiger partial charge in [-0.2, -0.15) is 4.98 Å². The van der Waals surface area contributed by atoms with Crippen molar-refractivity contribution < 1.29 is 18.4 Å². The zero-order chi connectivity index (χ0) is 17.9. The molecule has 0 unspecified atom stereocenters. The van der Waals surface area contributed by atoms with Gasteiger partial charge in [0.2, 0.25) is 5.89 Å². The third-order valence-electron chi connectivity index (χ3n) is 5.01. The van der Waals surface area contributed by atoms with Crippen molar-refractivity contribution in [3.63, 3.8) is 0 Å². The second kappa shape index (κ2) is 7.43. The summed E-state index contributed by atoms with van der Waals surface area (Å²) in [6, 6.07) is 5.83. The summed E-state index contributed by atoms with van der Waals surface area (Å²) in [4.78, 5) is 18.6. The molecular formula is C19H22FN3O3. The number of aromatic nitrogens is 2. The van der Waals surface area contributed by atoms with Crippen LogP contribution in [0.1, 0.15) is 43.3 Å². The minimum Gasteiger partial charge on any atom is -0.484 e. The molecule has 1 amide bonds. The van der Waals surface area contributed by atoms with Gasteiger partial charge < -0.3 is 14.2 Å². The number of hydrogen-bond donors (Lipinski definition) is 0. The molecule has 1 aromatic carbocycles. The second-order valence-electron chi connectivity index (χ2n) is 7.10. The highest BCUT2D eigenvalue weighted by molar-refractivity contribution is 5.77. The smallest absolute Gasteiger partial charge is 0.260 e. The highest BCUT2D eigenvalue weighted by Gasteiger charge is 2.30. The normalized spacial score (nSPS) is 18.1. The van der Waals surface area contributed by atoms with E-state index in [1.54, 1.807) is 12.1 Å². The Morgan fingerprint density at radius 2 is 2.08 bits per heavy atom. The first-order chi connectivity index (χ1) is 12.7. The molecule has 2 aromatic rings. The van der Waals surface area contributed by atoms with Crippen molar-refractivity contribution in [2.75, 3.05) is 19.7 Å². The molecule has 0 spiro atoms. The predicted octanol–water partition coefficient (Wildman–Crippen LogP) is 2.95. The summed E-state index contributed by atoms with van der Waals surface area (Å²) in [7, 11) is 0. The average molecular weight is 359 g/mol. The minimum atomic E-state index is -0.373. The molecule has 1 saturated carbocycles. The number of carbonyl (C=O) groups is 1. The van der Waals surface area contributed by atoms with Crippen molar-refractivity contribution in [2.24, 2.45) is 5.92 Å². The molecule has 0 radical (unpaired) electrons. The molecule has 26 heavy (non-hydrogen) atoms. The van der Waals surface area contributed by atoms with Gasteiger partial charge in [0.15, 0.2) is 12.4 Å². The van der Waals surface area contributed by atoms with E-state index >= 15 is 0 Å². The van der Waals surface area contributed by atoms with Crippen LogP contribution in [0.25, 0.3) is 0 Å². The zero-order valence-electron chi connectivity index (χ0n) is 14.6. The lowest BCUT2D eigenvalue weighted by atomic mass is 9.93. The molecule has 0 bridgehead atoms. The molecule has 6 nitrogen and oxygen atoms in total. The van der Waals surface area contributed by atoms with Crippen LogP contribution >= 0.6 is 0 Å². The molecule has 1 aliphatic carbocycles. The van der Waals surface area contributed by atoms with Crippen molar-refractivity contribution >= 4 is 5.91 Å². The van der Waals surface area contributed by atoms with Gasteiger partial charge in [-0.15, -0.1) is 0 Å². The quantitative estimate of drug-likeness (QED) is 0.793. The van der Waals surface area contributed by atoms with Crippen LogP contribution in [0.15, 0.2) is 28.8 Å². The van der Waals surface area contributed by atoms with Gasteiger partial charge >= 0.3 is 0 Å². The van der Waals surface area contributed by atoms with Crippen LogP contribution < -0.4 is 4.74 Å². The first kappa shape index (κ1) is 17.0. The molecule has 2 aliphatic rings. The van der Waals surface area contributed by atoms with Crippen molar-refractivity contribution in [3.8, 4) is 5.75 Å². The molecule has 1 saturated heterocycles. The number of halogens is 1. The van der Waals surface area contributed by atoms with Gasteiger partial charge in [-0.3, -0.25) is 4.79 Å². The Kier molecular flexibility index (Phi) is 4.86. The van der Waals surface area contributed by atoms with Gasteiger partial charge in [0, 0.05) is 31.5 Å². The first-order valence-corrected chi connectivity index (χ1v) is 9.16. The fraction of sp³-hybridized carbons (Fsp3) is 0.526. The fourth-order valence-corrected chi connectivity index (χ4v) is 3.28. The van der Waals surface area contributed by atoms with E-state index in [0.717, 1.165) is 43.8 Å². The molecule has 1 aromatic heterocycles. The topological polar surface area (TPSA) is 68.5 Å². The van der Waals surface area contributed by atoms with E-state index < -0.39 is 0 Å². The van der Waals surface area contributed by atoms with Crippen LogP contribution in [0, 0.1) is 11.7 Å². The number of piperidine rings is 1. The van der Waals surface area contributed by atoms with Crippen LogP contribution in [0.3, 0.4) is 0 Å². The van der Waals surface area contributed by atoms with E-state index in [9.17, 15) is 9.18 Å². The van der Waals surface area contributed by atoms with Gasteiger partial charge in [0.05, 0.1) is 0 Å². The molecule has 0 N–H and O–H groups in total. The van der Waals surface area contributed by atoms with Crippen LogP contribution in [0.4, 0.5) is 4.39 Å². The Hall–Kier alpha value is -2.44. The Bertz CT molecular complexity index is 767. The maximum absolute atomic E-state index is 13.1. The third kappa shape index (κ3) is 4.20. The van der Waals surface area contributed by atoms with Gasteiger partial charge in [-0.25, -0.2) is 4.39 Å². The molecular weight excluding hydrogens is 337 g/mol. The van der Waals surface area contributed by atoms with Gasteiger partial charge in [0.25, 0.3) is 5.91 Å². The number of ether oxygens (including phenoxy) is 1. The van der Waals surface area contributed by atoms with E-state index in [0.29, 0.717) is 30.7 Å². The maximum Gasteiger partial charge on any atom is 0.260 e. The average Bonchev–Trinajstić information content (AvgIpc) is 3.40. The van der Waals surface area contributed by atoms with Gasteiger partial charge in [-0.05, 0) is 43.7 Å². The van der Waals surface area contributed by atoms with E-state index in [2.05, 4.69) is 10.1 Å². The number of hydrogen-bond acceptors (Lipinski definition) is 5. The van der Waals surface area contributed by atoms with E-state index in [1.807, 2.05) is 4.90 Å². The predicted molar refractivity (Wildman–Crippen MR) is 91.2 cm³/mol. The second-order valence-corrected chi connectivity index (χ2v) is 7.10. The summed E-state index contributed by atoms with van der Waals surface area (Å²) in [6.07, 6.45) is 4.94. The van der Waals surface area contributed by atoms with Gasteiger partial charge in [-0.1, -0.05) is 11.2 Å². The van der Waals surface area contributed by atoms with Crippen LogP contribution in [-0.2, 0) is 11.2 Å². The van der Waals surface area contributed by atoms with Crippen molar-refractivity contribution in [3.05, 3.63) is 41.8 Å². The third-order valence-corrected chi connectivity index (χ3v) is 5.01. The number of benzene rings is 1. The summed E-state index contributed by atoms with van der Waals surface area (Å²) < 4.78 is 23.8. The zero-order valence-corrected chi connectivity index (χ0v) is 14.6. The summed E-state index contributed by atoms with van der Waals surface area (Å²) >= 11 is 0. The highest BCUT2D eigenvalue weighted by Crippen LogP contribution is 2.39. The SMILES string of the molecule is O=C(COc1cccc(F)c1)N1CCC(Cc2noc(C3CC3)n2)CC1. The van der Waals surface area contributed by atoms with E-state index in [4.69, 9.17) is 9.26 Å². The van der Waals surface area contributed by atoms with Crippen molar-refractivity contribution in [2.45, 2.75) is 38.0 Å². The Morgan fingerprint density at radius 3 is 2.81 bits per heavy atom. The summed E-state index contributed by atoms with van der Waals surface area (Å²) in [5.74, 6) is 2.44. The Balaban J connectivity index is 1.21. The minimum absolute atomic E-state index is 0.0658. The maximum atomic E-state index is 13.1. The molecule has 0 atom stereocenters. The first-order valence-electron chi connectivity index (χ1n) is 9.16. The number of carbonyl (C=O) groups excluding carboxylic acids is 1. The van der Waals surface area contributed by atoms with E-state index in [-0.39, 0.29) is 18.3 Å². The lowest BCUT2D eigenvalue weighted by molar-refractivity contribution is -0.134. The Labute approximate surface area is 151 Å². The van der Waals surface area contributed by atoms with E-state index in [1.165, 1.54) is 12.1 Å². The monoisotopic (exact) mass is 359 g/mol. The van der Waals surface area contributed by atoms with Crippen molar-refractivity contribution in [1.82, 2.24) is 15.0 Å². The molecule has 7 heteroatoms. The number of amides is 1. The summed E-state index contributed by atoms with van der Waals surface area (Å²) in [5, 5.41) is 4.08. The summed E-state index contributed by atoms with van der Waals surface area (Å²) in [5.41, 5.74) is 0. The number of rotatable bonds is 6. The molecule has 1 aliphatic heterocycles. The number of nitrogens with zero attached hydrogens (tertiary/aromatic N) is 3. The molecule has 2 fully saturated rings. The van der Waals surface area contributed by atoms with Crippen molar-refractivity contribution in [1.29, 1.82) is 0 Å². The number of likely N-dealkylation sites (tertiary alicyclic amines) is 1.